The molecule has 0 radical (unpaired) electrons. The number of methoxy groups -OCH3 is 1. The van der Waals surface area contributed by atoms with Crippen LogP contribution in [-0.2, 0) is 6.42 Å². The van der Waals surface area contributed by atoms with Gasteiger partial charge in [0.15, 0.2) is 0 Å². The molecule has 1 aromatic carbocycles. The second-order valence-electron chi connectivity index (χ2n) is 4.90. The molecule has 1 N–H and O–H groups in total. The van der Waals surface area contributed by atoms with Gasteiger partial charge in [-0.1, -0.05) is 25.1 Å². The molecule has 3 nitrogen and oxygen atoms in total. The highest BCUT2D eigenvalue weighted by atomic mass is 16.5. The maximum Gasteiger partial charge on any atom is 0.119 e. The summed E-state index contributed by atoms with van der Waals surface area (Å²) in [6, 6.07) is 12.7. The number of pyridine rings is 1. The Labute approximate surface area is 121 Å². The van der Waals surface area contributed by atoms with E-state index < -0.39 is 0 Å². The van der Waals surface area contributed by atoms with Gasteiger partial charge in [0.05, 0.1) is 7.11 Å². The van der Waals surface area contributed by atoms with Crippen molar-refractivity contribution < 1.29 is 4.74 Å². The lowest BCUT2D eigenvalue weighted by Gasteiger charge is -2.18. The largest absolute Gasteiger partial charge is 0.497 e. The molecule has 106 valence electrons. The van der Waals surface area contributed by atoms with Gasteiger partial charge >= 0.3 is 0 Å². The fourth-order valence-electron chi connectivity index (χ4n) is 2.27. The van der Waals surface area contributed by atoms with Crippen LogP contribution in [0.25, 0.3) is 0 Å². The minimum atomic E-state index is 0.278. The van der Waals surface area contributed by atoms with Crippen LogP contribution in [0.1, 0.15) is 29.8 Å². The van der Waals surface area contributed by atoms with Crippen molar-refractivity contribution >= 4 is 0 Å². The molecule has 3 heteroatoms. The van der Waals surface area contributed by atoms with Crippen LogP contribution in [0.2, 0.25) is 0 Å². The third kappa shape index (κ3) is 3.81. The summed E-state index contributed by atoms with van der Waals surface area (Å²) in [6.07, 6.45) is 2.89. The van der Waals surface area contributed by atoms with E-state index in [2.05, 4.69) is 41.5 Å². The average Bonchev–Trinajstić information content (AvgIpc) is 2.48. The minimum Gasteiger partial charge on any atom is -0.497 e. The Morgan fingerprint density at radius 2 is 2.10 bits per heavy atom. The van der Waals surface area contributed by atoms with Crippen molar-refractivity contribution in [3.63, 3.8) is 0 Å². The molecule has 1 unspecified atom stereocenters. The van der Waals surface area contributed by atoms with Crippen LogP contribution in [0.5, 0.6) is 5.75 Å². The van der Waals surface area contributed by atoms with Gasteiger partial charge in [-0.3, -0.25) is 4.98 Å². The van der Waals surface area contributed by atoms with Gasteiger partial charge in [0.25, 0.3) is 0 Å². The van der Waals surface area contributed by atoms with Crippen LogP contribution >= 0.6 is 0 Å². The van der Waals surface area contributed by atoms with Crippen molar-refractivity contribution in [1.82, 2.24) is 10.3 Å². The van der Waals surface area contributed by atoms with E-state index in [1.54, 1.807) is 7.11 Å². The normalized spacial score (nSPS) is 12.2. The Morgan fingerprint density at radius 3 is 2.75 bits per heavy atom. The van der Waals surface area contributed by atoms with Crippen LogP contribution in [-0.4, -0.2) is 18.6 Å². The number of ether oxygens (including phenoxy) is 1. The minimum absolute atomic E-state index is 0.278. The fourth-order valence-corrected chi connectivity index (χ4v) is 2.27. The first-order chi connectivity index (χ1) is 9.72. The molecule has 1 atom stereocenters. The van der Waals surface area contributed by atoms with Crippen LogP contribution in [0, 0.1) is 6.92 Å². The molecule has 2 aromatic rings. The standard InChI is InChI=1S/C17H22N2O/c1-4-18-17(15-9-8-13(2)19-12-15)11-14-6-5-7-16(10-14)20-3/h5-10,12,17-18H,4,11H2,1-3H3. The van der Waals surface area contributed by atoms with E-state index in [1.165, 1.54) is 11.1 Å². The number of rotatable bonds is 6. The van der Waals surface area contributed by atoms with Crippen molar-refractivity contribution in [3.8, 4) is 5.75 Å². The maximum absolute atomic E-state index is 5.29. The van der Waals surface area contributed by atoms with Gasteiger partial charge in [-0.15, -0.1) is 0 Å². The zero-order valence-electron chi connectivity index (χ0n) is 12.4. The average molecular weight is 270 g/mol. The van der Waals surface area contributed by atoms with Crippen molar-refractivity contribution in [3.05, 3.63) is 59.4 Å². The van der Waals surface area contributed by atoms with Gasteiger partial charge < -0.3 is 10.1 Å². The van der Waals surface area contributed by atoms with Gasteiger partial charge in [0.1, 0.15) is 5.75 Å². The number of aryl methyl sites for hydroxylation is 1. The molecule has 0 saturated heterocycles. The first kappa shape index (κ1) is 14.5. The number of hydrogen-bond acceptors (Lipinski definition) is 3. The molecular weight excluding hydrogens is 248 g/mol. The van der Waals surface area contributed by atoms with E-state index in [0.717, 1.165) is 24.4 Å². The predicted octanol–water partition coefficient (Wildman–Crippen LogP) is 3.29. The Kier molecular flexibility index (Phi) is 5.13. The molecule has 0 aliphatic heterocycles. The molecule has 0 amide bonds. The van der Waals surface area contributed by atoms with Crippen LogP contribution in [0.15, 0.2) is 42.6 Å². The highest BCUT2D eigenvalue weighted by Gasteiger charge is 2.11. The number of benzene rings is 1. The van der Waals surface area contributed by atoms with Gasteiger partial charge in [0.2, 0.25) is 0 Å². The first-order valence-corrected chi connectivity index (χ1v) is 7.01. The number of likely N-dealkylation sites (N-methyl/N-ethyl adjacent to an activating group) is 1. The Morgan fingerprint density at radius 1 is 1.25 bits per heavy atom. The van der Waals surface area contributed by atoms with E-state index in [-0.39, 0.29) is 6.04 Å². The zero-order valence-corrected chi connectivity index (χ0v) is 12.4. The van der Waals surface area contributed by atoms with Crippen LogP contribution in [0.3, 0.4) is 0 Å². The molecular formula is C17H22N2O. The third-order valence-corrected chi connectivity index (χ3v) is 3.36. The molecule has 0 fully saturated rings. The zero-order chi connectivity index (χ0) is 14.4. The van der Waals surface area contributed by atoms with Gasteiger partial charge in [-0.25, -0.2) is 0 Å². The molecule has 0 spiro atoms. The Balaban J connectivity index is 2.18. The second-order valence-corrected chi connectivity index (χ2v) is 4.90. The first-order valence-electron chi connectivity index (χ1n) is 7.01. The summed E-state index contributed by atoms with van der Waals surface area (Å²) in [5, 5.41) is 3.52. The van der Waals surface area contributed by atoms with E-state index >= 15 is 0 Å². The predicted molar refractivity (Wildman–Crippen MR) is 82.1 cm³/mol. The van der Waals surface area contributed by atoms with Crippen molar-refractivity contribution in [2.75, 3.05) is 13.7 Å². The number of hydrogen-bond donors (Lipinski definition) is 1. The van der Waals surface area contributed by atoms with Gasteiger partial charge in [-0.05, 0) is 49.2 Å². The fraction of sp³-hybridized carbons (Fsp3) is 0.353. The Hall–Kier alpha value is -1.87. The lowest BCUT2D eigenvalue weighted by atomic mass is 10.00. The number of aromatic nitrogens is 1. The van der Waals surface area contributed by atoms with Gasteiger partial charge in [0, 0.05) is 17.9 Å². The van der Waals surface area contributed by atoms with Crippen molar-refractivity contribution in [2.45, 2.75) is 26.3 Å². The second kappa shape index (κ2) is 7.06. The lowest BCUT2D eigenvalue weighted by molar-refractivity contribution is 0.414. The summed E-state index contributed by atoms with van der Waals surface area (Å²) < 4.78 is 5.29. The number of nitrogens with zero attached hydrogens (tertiary/aromatic N) is 1. The molecule has 1 aromatic heterocycles. The molecule has 0 aliphatic rings. The van der Waals surface area contributed by atoms with Gasteiger partial charge in [-0.2, -0.15) is 0 Å². The molecule has 0 saturated carbocycles. The monoisotopic (exact) mass is 270 g/mol. The highest BCUT2D eigenvalue weighted by molar-refractivity contribution is 5.30. The molecule has 20 heavy (non-hydrogen) atoms. The molecule has 0 bridgehead atoms. The quantitative estimate of drug-likeness (QED) is 0.874. The Bertz CT molecular complexity index is 537. The molecule has 0 aliphatic carbocycles. The maximum atomic E-state index is 5.29. The van der Waals surface area contributed by atoms with E-state index in [9.17, 15) is 0 Å². The smallest absolute Gasteiger partial charge is 0.119 e. The van der Waals surface area contributed by atoms with E-state index in [1.807, 2.05) is 25.3 Å². The highest BCUT2D eigenvalue weighted by Crippen LogP contribution is 2.21. The molecule has 1 heterocycles. The topological polar surface area (TPSA) is 34.1 Å². The summed E-state index contributed by atoms with van der Waals surface area (Å²) in [7, 11) is 1.70. The van der Waals surface area contributed by atoms with E-state index in [4.69, 9.17) is 4.74 Å². The van der Waals surface area contributed by atoms with Crippen molar-refractivity contribution in [1.29, 1.82) is 0 Å². The number of nitrogens with one attached hydrogen (secondary N) is 1. The summed E-state index contributed by atoms with van der Waals surface area (Å²) >= 11 is 0. The van der Waals surface area contributed by atoms with Crippen LogP contribution in [0.4, 0.5) is 0 Å². The summed E-state index contributed by atoms with van der Waals surface area (Å²) in [5.41, 5.74) is 3.53. The van der Waals surface area contributed by atoms with Crippen molar-refractivity contribution in [2.24, 2.45) is 0 Å². The van der Waals surface area contributed by atoms with E-state index in [0.29, 0.717) is 0 Å². The summed E-state index contributed by atoms with van der Waals surface area (Å²) in [5.74, 6) is 0.903. The third-order valence-electron chi connectivity index (χ3n) is 3.36. The molecule has 2 rings (SSSR count). The summed E-state index contributed by atoms with van der Waals surface area (Å²) in [4.78, 5) is 4.39. The summed E-state index contributed by atoms with van der Waals surface area (Å²) in [6.45, 7) is 5.07. The van der Waals surface area contributed by atoms with Crippen LogP contribution < -0.4 is 10.1 Å². The lowest BCUT2D eigenvalue weighted by Crippen LogP contribution is -2.23. The SMILES string of the molecule is CCNC(Cc1cccc(OC)c1)c1ccc(C)nc1.